The lowest BCUT2D eigenvalue weighted by molar-refractivity contribution is 0.524. The Kier molecular flexibility index (Phi) is 4.16. The Balaban J connectivity index is 2.93. The van der Waals surface area contributed by atoms with E-state index >= 15 is 0 Å². The van der Waals surface area contributed by atoms with Gasteiger partial charge in [-0.3, -0.25) is 4.99 Å². The van der Waals surface area contributed by atoms with Crippen molar-refractivity contribution >= 4 is 18.5 Å². The van der Waals surface area contributed by atoms with Gasteiger partial charge in [0.15, 0.2) is 0 Å². The highest BCUT2D eigenvalue weighted by Crippen LogP contribution is 2.24. The summed E-state index contributed by atoms with van der Waals surface area (Å²) in [7, 11) is 1.91. The van der Waals surface area contributed by atoms with E-state index in [-0.39, 0.29) is 0 Å². The maximum absolute atomic E-state index is 4.53. The van der Waals surface area contributed by atoms with Gasteiger partial charge in [-0.25, -0.2) is 4.31 Å². The Hall–Kier alpha value is -0.320. The molecule has 0 saturated carbocycles. The summed E-state index contributed by atoms with van der Waals surface area (Å²) in [5.74, 6) is 0. The summed E-state index contributed by atoms with van der Waals surface area (Å²) in [5, 5.41) is 3.04. The Morgan fingerprint density at radius 3 is 2.79 bits per heavy atom. The van der Waals surface area contributed by atoms with Crippen molar-refractivity contribution in [2.75, 3.05) is 20.3 Å². The molecule has 0 spiro atoms. The van der Waals surface area contributed by atoms with Gasteiger partial charge < -0.3 is 5.32 Å². The van der Waals surface area contributed by atoms with Crippen LogP contribution in [0.15, 0.2) is 16.1 Å². The van der Waals surface area contributed by atoms with E-state index < -0.39 is 0 Å². The van der Waals surface area contributed by atoms with Crippen LogP contribution in [0.25, 0.3) is 0 Å². The van der Waals surface area contributed by atoms with Gasteiger partial charge >= 0.3 is 0 Å². The van der Waals surface area contributed by atoms with Gasteiger partial charge in [-0.1, -0.05) is 18.4 Å². The van der Waals surface area contributed by atoms with E-state index in [0.29, 0.717) is 12.7 Å². The van der Waals surface area contributed by atoms with Crippen LogP contribution >= 0.6 is 12.8 Å². The molecule has 1 aliphatic heterocycles. The van der Waals surface area contributed by atoms with E-state index in [1.54, 1.807) is 0 Å². The van der Waals surface area contributed by atoms with Crippen LogP contribution in [0, 0.1) is 0 Å². The first kappa shape index (κ1) is 11.8. The summed E-state index contributed by atoms with van der Waals surface area (Å²) in [6.45, 7) is 7.97. The molecule has 0 aliphatic carbocycles. The highest BCUT2D eigenvalue weighted by atomic mass is 32.1. The van der Waals surface area contributed by atoms with Crippen LogP contribution < -0.4 is 5.32 Å². The predicted octanol–water partition coefficient (Wildman–Crippen LogP) is 1.49. The molecule has 0 radical (unpaired) electrons. The SMILES string of the molecule is CNC/N=C1\C(=C(C)C)CN(S)C1C. The third kappa shape index (κ3) is 2.38. The number of aliphatic imine (C=N–C) groups is 1. The molecule has 1 heterocycles. The zero-order valence-corrected chi connectivity index (χ0v) is 10.2. The van der Waals surface area contributed by atoms with Crippen molar-refractivity contribution in [1.29, 1.82) is 0 Å². The van der Waals surface area contributed by atoms with Crippen LogP contribution in [0.1, 0.15) is 20.8 Å². The number of nitrogens with zero attached hydrogens (tertiary/aromatic N) is 2. The molecule has 0 aromatic carbocycles. The van der Waals surface area contributed by atoms with E-state index in [9.17, 15) is 0 Å². The molecule has 0 amide bonds. The second-order valence-corrected chi connectivity index (χ2v) is 4.32. The first-order valence-electron chi connectivity index (χ1n) is 4.89. The van der Waals surface area contributed by atoms with Gasteiger partial charge in [0.05, 0.1) is 18.4 Å². The van der Waals surface area contributed by atoms with Crippen LogP contribution in [0.3, 0.4) is 0 Å². The van der Waals surface area contributed by atoms with E-state index in [1.807, 2.05) is 11.4 Å². The van der Waals surface area contributed by atoms with Crippen molar-refractivity contribution in [3.63, 3.8) is 0 Å². The van der Waals surface area contributed by atoms with Crippen LogP contribution in [-0.4, -0.2) is 36.3 Å². The van der Waals surface area contributed by atoms with Crippen LogP contribution in [0.4, 0.5) is 0 Å². The molecule has 4 heteroatoms. The molecule has 0 bridgehead atoms. The number of hydrogen-bond donors (Lipinski definition) is 2. The molecule has 1 rings (SSSR count). The topological polar surface area (TPSA) is 27.6 Å². The van der Waals surface area contributed by atoms with Gasteiger partial charge in [0.25, 0.3) is 0 Å². The monoisotopic (exact) mass is 213 g/mol. The molecular weight excluding hydrogens is 194 g/mol. The average Bonchev–Trinajstić information content (AvgIpc) is 2.41. The van der Waals surface area contributed by atoms with Crippen molar-refractivity contribution in [2.24, 2.45) is 4.99 Å². The van der Waals surface area contributed by atoms with Gasteiger partial charge in [0, 0.05) is 6.54 Å². The fraction of sp³-hybridized carbons (Fsp3) is 0.700. The number of rotatable bonds is 2. The molecule has 3 nitrogen and oxygen atoms in total. The largest absolute Gasteiger partial charge is 0.301 e. The van der Waals surface area contributed by atoms with Gasteiger partial charge in [-0.2, -0.15) is 0 Å². The lowest BCUT2D eigenvalue weighted by atomic mass is 10.1. The van der Waals surface area contributed by atoms with Crippen LogP contribution in [-0.2, 0) is 0 Å². The molecule has 14 heavy (non-hydrogen) atoms. The van der Waals surface area contributed by atoms with E-state index in [2.05, 4.69) is 43.9 Å². The van der Waals surface area contributed by atoms with Gasteiger partial charge in [-0.05, 0) is 33.4 Å². The molecule has 1 fully saturated rings. The minimum Gasteiger partial charge on any atom is -0.301 e. The van der Waals surface area contributed by atoms with Crippen molar-refractivity contribution in [3.05, 3.63) is 11.1 Å². The summed E-state index contributed by atoms with van der Waals surface area (Å²) < 4.78 is 2.02. The lowest BCUT2D eigenvalue weighted by Crippen LogP contribution is -2.22. The Bertz CT molecular complexity index is 267. The lowest BCUT2D eigenvalue weighted by Gasteiger charge is -2.11. The smallest absolute Gasteiger partial charge is 0.0886 e. The third-order valence-electron chi connectivity index (χ3n) is 2.48. The van der Waals surface area contributed by atoms with E-state index in [1.165, 1.54) is 16.9 Å². The minimum absolute atomic E-state index is 0.316. The Morgan fingerprint density at radius 2 is 2.29 bits per heavy atom. The van der Waals surface area contributed by atoms with Gasteiger partial charge in [-0.15, -0.1) is 0 Å². The maximum Gasteiger partial charge on any atom is 0.0886 e. The summed E-state index contributed by atoms with van der Waals surface area (Å²) in [6.07, 6.45) is 0. The molecule has 1 atom stereocenters. The molecule has 0 aromatic rings. The molecule has 1 saturated heterocycles. The highest BCUT2D eigenvalue weighted by molar-refractivity contribution is 7.77. The molecule has 80 valence electrons. The average molecular weight is 213 g/mol. The first-order valence-corrected chi connectivity index (χ1v) is 5.29. The van der Waals surface area contributed by atoms with Crippen LogP contribution in [0.2, 0.25) is 0 Å². The fourth-order valence-electron chi connectivity index (χ4n) is 1.58. The second kappa shape index (κ2) is 4.96. The maximum atomic E-state index is 4.53. The van der Waals surface area contributed by atoms with Crippen molar-refractivity contribution in [1.82, 2.24) is 9.62 Å². The van der Waals surface area contributed by atoms with Crippen molar-refractivity contribution in [3.8, 4) is 0 Å². The van der Waals surface area contributed by atoms with E-state index in [4.69, 9.17) is 0 Å². The summed E-state index contributed by atoms with van der Waals surface area (Å²) in [4.78, 5) is 4.53. The second-order valence-electron chi connectivity index (χ2n) is 3.81. The van der Waals surface area contributed by atoms with Crippen molar-refractivity contribution in [2.45, 2.75) is 26.8 Å². The molecule has 1 N–H and O–H groups in total. The van der Waals surface area contributed by atoms with Gasteiger partial charge in [0.2, 0.25) is 0 Å². The Morgan fingerprint density at radius 1 is 1.64 bits per heavy atom. The molecule has 1 unspecified atom stereocenters. The predicted molar refractivity (Wildman–Crippen MR) is 64.9 cm³/mol. The molecule has 1 aliphatic rings. The standard InChI is InChI=1S/C10H19N3S/c1-7(2)9-5-13(14)8(3)10(9)12-6-11-4/h8,11,14H,5-6H2,1-4H3/b12-10-. The number of thiol groups is 1. The fourth-order valence-corrected chi connectivity index (χ4v) is 1.83. The quantitative estimate of drug-likeness (QED) is 0.680. The number of allylic oxidation sites excluding steroid dienone is 1. The number of hydrogen-bond acceptors (Lipinski definition) is 4. The van der Waals surface area contributed by atoms with Crippen molar-refractivity contribution < 1.29 is 0 Å². The highest BCUT2D eigenvalue weighted by Gasteiger charge is 2.29. The zero-order chi connectivity index (χ0) is 10.7. The first-order chi connectivity index (χ1) is 6.57. The summed E-state index contributed by atoms with van der Waals surface area (Å²) >= 11 is 4.42. The summed E-state index contributed by atoms with van der Waals surface area (Å²) in [5.41, 5.74) is 3.85. The Labute approximate surface area is 91.8 Å². The number of nitrogens with one attached hydrogen (secondary N) is 1. The third-order valence-corrected chi connectivity index (χ3v) is 2.97. The summed E-state index contributed by atoms with van der Waals surface area (Å²) in [6, 6.07) is 0.316. The van der Waals surface area contributed by atoms with E-state index in [0.717, 1.165) is 6.54 Å². The van der Waals surface area contributed by atoms with Crippen LogP contribution in [0.5, 0.6) is 0 Å². The minimum atomic E-state index is 0.316. The molecule has 0 aromatic heterocycles. The zero-order valence-electron chi connectivity index (χ0n) is 9.33. The molecular formula is C10H19N3S. The van der Waals surface area contributed by atoms with Gasteiger partial charge in [0.1, 0.15) is 0 Å². The normalized spacial score (nSPS) is 26.2.